The first-order valence-corrected chi connectivity index (χ1v) is 7.35. The molecule has 1 aliphatic heterocycles. The molecule has 1 unspecified atom stereocenters. The molecule has 0 radical (unpaired) electrons. The van der Waals surface area contributed by atoms with E-state index in [9.17, 15) is 9.59 Å². The lowest BCUT2D eigenvalue weighted by Crippen LogP contribution is -2.32. The van der Waals surface area contributed by atoms with Crippen LogP contribution in [0.5, 0.6) is 0 Å². The van der Waals surface area contributed by atoms with E-state index in [1.807, 2.05) is 29.2 Å². The SMILES string of the molecule is CC(C)C1CC(=O)N(Cc2ccccc2CC(=O)NN)C1. The predicted molar refractivity (Wildman–Crippen MR) is 80.8 cm³/mol. The molecule has 2 amide bonds. The first-order valence-electron chi connectivity index (χ1n) is 7.35. The van der Waals surface area contributed by atoms with Crippen LogP contribution in [-0.2, 0) is 22.6 Å². The maximum absolute atomic E-state index is 12.1. The minimum absolute atomic E-state index is 0.201. The highest BCUT2D eigenvalue weighted by molar-refractivity contribution is 5.79. The zero-order valence-corrected chi connectivity index (χ0v) is 12.6. The lowest BCUT2D eigenvalue weighted by Gasteiger charge is -2.20. The van der Waals surface area contributed by atoms with Crippen molar-refractivity contribution in [3.63, 3.8) is 0 Å². The minimum Gasteiger partial charge on any atom is -0.338 e. The first kappa shape index (κ1) is 15.5. The number of likely N-dealkylation sites (tertiary alicyclic amines) is 1. The molecule has 2 rings (SSSR count). The molecule has 1 fully saturated rings. The van der Waals surface area contributed by atoms with E-state index in [0.29, 0.717) is 24.8 Å². The molecule has 5 heteroatoms. The molecule has 0 spiro atoms. The number of carbonyl (C=O) groups is 2. The zero-order valence-electron chi connectivity index (χ0n) is 12.6. The van der Waals surface area contributed by atoms with Gasteiger partial charge in [0.2, 0.25) is 11.8 Å². The van der Waals surface area contributed by atoms with Gasteiger partial charge in [-0.2, -0.15) is 0 Å². The van der Waals surface area contributed by atoms with Crippen LogP contribution in [0.1, 0.15) is 31.4 Å². The molecule has 0 aromatic heterocycles. The van der Waals surface area contributed by atoms with Gasteiger partial charge >= 0.3 is 0 Å². The van der Waals surface area contributed by atoms with Gasteiger partial charge in [0.05, 0.1) is 6.42 Å². The topological polar surface area (TPSA) is 75.4 Å². The maximum atomic E-state index is 12.1. The highest BCUT2D eigenvalue weighted by Gasteiger charge is 2.31. The number of amides is 2. The third-order valence-electron chi connectivity index (χ3n) is 4.18. The fourth-order valence-corrected chi connectivity index (χ4v) is 2.72. The Hall–Kier alpha value is -1.88. The van der Waals surface area contributed by atoms with Crippen LogP contribution in [-0.4, -0.2) is 23.3 Å². The summed E-state index contributed by atoms with van der Waals surface area (Å²) in [4.78, 5) is 25.5. The Bertz CT molecular complexity index is 528. The summed E-state index contributed by atoms with van der Waals surface area (Å²) in [5, 5.41) is 0. The van der Waals surface area contributed by atoms with E-state index in [4.69, 9.17) is 5.84 Å². The average molecular weight is 289 g/mol. The quantitative estimate of drug-likeness (QED) is 0.486. The van der Waals surface area contributed by atoms with Crippen molar-refractivity contribution in [2.24, 2.45) is 17.7 Å². The molecule has 1 aromatic rings. The van der Waals surface area contributed by atoms with Gasteiger partial charge < -0.3 is 4.90 Å². The lowest BCUT2D eigenvalue weighted by atomic mass is 9.95. The molecule has 21 heavy (non-hydrogen) atoms. The van der Waals surface area contributed by atoms with Gasteiger partial charge in [0.25, 0.3) is 0 Å². The molecule has 1 heterocycles. The largest absolute Gasteiger partial charge is 0.338 e. The van der Waals surface area contributed by atoms with Crippen LogP contribution < -0.4 is 11.3 Å². The summed E-state index contributed by atoms with van der Waals surface area (Å²) in [6, 6.07) is 7.70. The molecule has 0 aliphatic carbocycles. The monoisotopic (exact) mass is 289 g/mol. The predicted octanol–water partition coefficient (Wildman–Crippen LogP) is 1.22. The van der Waals surface area contributed by atoms with Gasteiger partial charge in [-0.1, -0.05) is 38.1 Å². The molecule has 1 aliphatic rings. The van der Waals surface area contributed by atoms with Crippen molar-refractivity contribution in [2.45, 2.75) is 33.2 Å². The number of benzene rings is 1. The molecule has 0 saturated carbocycles. The molecule has 1 saturated heterocycles. The van der Waals surface area contributed by atoms with Gasteiger partial charge in [0.1, 0.15) is 0 Å². The number of carbonyl (C=O) groups excluding carboxylic acids is 2. The number of hydrazine groups is 1. The summed E-state index contributed by atoms with van der Waals surface area (Å²) >= 11 is 0. The van der Waals surface area contributed by atoms with E-state index < -0.39 is 0 Å². The second-order valence-corrected chi connectivity index (χ2v) is 6.00. The normalized spacial score (nSPS) is 18.4. The molecule has 5 nitrogen and oxygen atoms in total. The number of nitrogens with one attached hydrogen (secondary N) is 1. The third-order valence-corrected chi connectivity index (χ3v) is 4.18. The Balaban J connectivity index is 2.09. The van der Waals surface area contributed by atoms with E-state index in [1.165, 1.54) is 0 Å². The second-order valence-electron chi connectivity index (χ2n) is 6.00. The Morgan fingerprint density at radius 1 is 1.38 bits per heavy atom. The Morgan fingerprint density at radius 2 is 2.05 bits per heavy atom. The summed E-state index contributed by atoms with van der Waals surface area (Å²) in [5.74, 6) is 6.06. The Morgan fingerprint density at radius 3 is 2.62 bits per heavy atom. The fraction of sp³-hybridized carbons (Fsp3) is 0.500. The summed E-state index contributed by atoms with van der Waals surface area (Å²) in [5.41, 5.74) is 4.08. The Kier molecular flexibility index (Phi) is 4.96. The fourth-order valence-electron chi connectivity index (χ4n) is 2.72. The summed E-state index contributed by atoms with van der Waals surface area (Å²) in [7, 11) is 0. The van der Waals surface area contributed by atoms with Crippen LogP contribution in [0.15, 0.2) is 24.3 Å². The number of hydrogen-bond acceptors (Lipinski definition) is 3. The molecule has 1 atom stereocenters. The van der Waals surface area contributed by atoms with Crippen LogP contribution in [0.4, 0.5) is 0 Å². The van der Waals surface area contributed by atoms with Crippen LogP contribution in [0.3, 0.4) is 0 Å². The van der Waals surface area contributed by atoms with E-state index in [0.717, 1.165) is 17.7 Å². The zero-order chi connectivity index (χ0) is 15.4. The summed E-state index contributed by atoms with van der Waals surface area (Å²) in [6.45, 7) is 5.67. The van der Waals surface area contributed by atoms with Crippen molar-refractivity contribution < 1.29 is 9.59 Å². The summed E-state index contributed by atoms with van der Waals surface area (Å²) < 4.78 is 0. The van der Waals surface area contributed by atoms with Gasteiger partial charge in [-0.15, -0.1) is 0 Å². The highest BCUT2D eigenvalue weighted by atomic mass is 16.2. The van der Waals surface area contributed by atoms with Crippen LogP contribution in [0, 0.1) is 11.8 Å². The highest BCUT2D eigenvalue weighted by Crippen LogP contribution is 2.26. The number of nitrogens with two attached hydrogens (primary N) is 1. The van der Waals surface area contributed by atoms with Gasteiger partial charge in [-0.25, -0.2) is 5.84 Å². The first-order chi connectivity index (χ1) is 10.0. The average Bonchev–Trinajstić information content (AvgIpc) is 2.82. The molecule has 3 N–H and O–H groups in total. The van der Waals surface area contributed by atoms with Crippen molar-refractivity contribution in [2.75, 3.05) is 6.54 Å². The summed E-state index contributed by atoms with van der Waals surface area (Å²) in [6.07, 6.45) is 0.867. The van der Waals surface area contributed by atoms with E-state index in [2.05, 4.69) is 19.3 Å². The number of nitrogens with zero attached hydrogens (tertiary/aromatic N) is 1. The van der Waals surface area contributed by atoms with E-state index in [-0.39, 0.29) is 18.2 Å². The van der Waals surface area contributed by atoms with Crippen molar-refractivity contribution in [3.8, 4) is 0 Å². The maximum Gasteiger partial charge on any atom is 0.238 e. The van der Waals surface area contributed by atoms with Gasteiger partial charge in [0.15, 0.2) is 0 Å². The molecular formula is C16H23N3O2. The van der Waals surface area contributed by atoms with Gasteiger partial charge in [0, 0.05) is 19.5 Å². The molecular weight excluding hydrogens is 266 g/mol. The standard InChI is InChI=1S/C16H23N3O2/c1-11(2)14-8-16(21)19(10-14)9-13-6-4-3-5-12(13)7-15(20)18-17/h3-6,11,14H,7-10,17H2,1-2H3,(H,18,20). The minimum atomic E-state index is -0.227. The molecule has 114 valence electrons. The van der Waals surface area contributed by atoms with Crippen molar-refractivity contribution >= 4 is 11.8 Å². The Labute approximate surface area is 125 Å². The van der Waals surface area contributed by atoms with Crippen LogP contribution in [0.25, 0.3) is 0 Å². The molecule has 1 aromatic carbocycles. The molecule has 0 bridgehead atoms. The van der Waals surface area contributed by atoms with Crippen LogP contribution >= 0.6 is 0 Å². The van der Waals surface area contributed by atoms with Crippen molar-refractivity contribution in [1.82, 2.24) is 10.3 Å². The second kappa shape index (κ2) is 6.72. The smallest absolute Gasteiger partial charge is 0.238 e. The third kappa shape index (κ3) is 3.82. The lowest BCUT2D eigenvalue weighted by molar-refractivity contribution is -0.128. The van der Waals surface area contributed by atoms with Gasteiger partial charge in [-0.3, -0.25) is 15.0 Å². The number of hydrogen-bond donors (Lipinski definition) is 2. The van der Waals surface area contributed by atoms with E-state index >= 15 is 0 Å². The van der Waals surface area contributed by atoms with Crippen molar-refractivity contribution in [1.29, 1.82) is 0 Å². The van der Waals surface area contributed by atoms with Gasteiger partial charge in [-0.05, 0) is 23.0 Å². The number of rotatable bonds is 5. The van der Waals surface area contributed by atoms with Crippen LogP contribution in [0.2, 0.25) is 0 Å². The van der Waals surface area contributed by atoms with Crippen molar-refractivity contribution in [3.05, 3.63) is 35.4 Å². The van der Waals surface area contributed by atoms with E-state index in [1.54, 1.807) is 0 Å².